The Kier molecular flexibility index (Phi) is 2.59. The Morgan fingerprint density at radius 1 is 1.21 bits per heavy atom. The second-order valence-corrected chi connectivity index (χ2v) is 3.24. The lowest BCUT2D eigenvalue weighted by Gasteiger charge is -2.17. The monoisotopic (exact) mass is 200 g/mol. The molecule has 0 aromatic heterocycles. The highest BCUT2D eigenvalue weighted by molar-refractivity contribution is 5.86. The minimum Gasteiger partial charge on any atom is -0.481 e. The van der Waals surface area contributed by atoms with Gasteiger partial charge in [0.1, 0.15) is 5.92 Å². The van der Waals surface area contributed by atoms with Gasteiger partial charge in [0.15, 0.2) is 0 Å². The van der Waals surface area contributed by atoms with Gasteiger partial charge in [-0.05, 0) is 0 Å². The third-order valence-electron chi connectivity index (χ3n) is 2.51. The SMILES string of the molecule is N.NC(=O)C1C(C(=O)O)[C@@H]2C=C[C@H]1O2. The number of aliphatic carboxylic acids is 1. The first-order valence-corrected chi connectivity index (χ1v) is 3.97. The molecule has 2 heterocycles. The molecule has 2 unspecified atom stereocenters. The fraction of sp³-hybridized carbons (Fsp3) is 0.500. The molecule has 1 amide bonds. The summed E-state index contributed by atoms with van der Waals surface area (Å²) in [7, 11) is 0. The van der Waals surface area contributed by atoms with E-state index < -0.39 is 35.9 Å². The molecule has 0 saturated carbocycles. The molecule has 0 aromatic carbocycles. The molecule has 4 atom stereocenters. The Morgan fingerprint density at radius 3 is 2.07 bits per heavy atom. The lowest BCUT2D eigenvalue weighted by molar-refractivity contribution is -0.146. The van der Waals surface area contributed by atoms with Crippen molar-refractivity contribution in [1.29, 1.82) is 0 Å². The van der Waals surface area contributed by atoms with Crippen molar-refractivity contribution < 1.29 is 19.4 Å². The lowest BCUT2D eigenvalue weighted by Crippen LogP contribution is -2.39. The Balaban J connectivity index is 0.000000980. The van der Waals surface area contributed by atoms with Crippen LogP contribution in [-0.2, 0) is 14.3 Å². The quantitative estimate of drug-likeness (QED) is 0.507. The summed E-state index contributed by atoms with van der Waals surface area (Å²) < 4.78 is 5.23. The first kappa shape index (κ1) is 10.7. The van der Waals surface area contributed by atoms with Gasteiger partial charge in [-0.15, -0.1) is 0 Å². The summed E-state index contributed by atoms with van der Waals surface area (Å²) in [5.74, 6) is -3.16. The molecule has 14 heavy (non-hydrogen) atoms. The highest BCUT2D eigenvalue weighted by Gasteiger charge is 2.52. The second-order valence-electron chi connectivity index (χ2n) is 3.24. The van der Waals surface area contributed by atoms with Crippen LogP contribution >= 0.6 is 0 Å². The van der Waals surface area contributed by atoms with Crippen LogP contribution in [0.2, 0.25) is 0 Å². The third kappa shape index (κ3) is 1.28. The van der Waals surface area contributed by atoms with Crippen LogP contribution in [0.15, 0.2) is 12.2 Å². The van der Waals surface area contributed by atoms with Crippen molar-refractivity contribution in [3.8, 4) is 0 Å². The minimum atomic E-state index is -1.03. The number of carboxylic acid groups (broad SMARTS) is 1. The largest absolute Gasteiger partial charge is 0.481 e. The number of ether oxygens (including phenoxy) is 1. The van der Waals surface area contributed by atoms with Crippen molar-refractivity contribution in [1.82, 2.24) is 6.15 Å². The molecule has 6 N–H and O–H groups in total. The molecule has 0 aliphatic carbocycles. The molecule has 2 aliphatic heterocycles. The maximum atomic E-state index is 11.0. The zero-order valence-electron chi connectivity index (χ0n) is 7.42. The third-order valence-corrected chi connectivity index (χ3v) is 2.51. The van der Waals surface area contributed by atoms with Crippen LogP contribution in [0.5, 0.6) is 0 Å². The molecular formula is C8H12N2O4. The van der Waals surface area contributed by atoms with Gasteiger partial charge in [0.05, 0.1) is 18.1 Å². The van der Waals surface area contributed by atoms with Gasteiger partial charge >= 0.3 is 5.97 Å². The fourth-order valence-corrected chi connectivity index (χ4v) is 1.94. The number of nitrogens with two attached hydrogens (primary N) is 1. The summed E-state index contributed by atoms with van der Waals surface area (Å²) in [5, 5.41) is 8.83. The number of carbonyl (C=O) groups is 2. The van der Waals surface area contributed by atoms with Crippen molar-refractivity contribution in [2.75, 3.05) is 0 Å². The van der Waals surface area contributed by atoms with Gasteiger partial charge in [-0.3, -0.25) is 9.59 Å². The minimum absolute atomic E-state index is 0. The Morgan fingerprint density at radius 2 is 1.71 bits per heavy atom. The number of primary amides is 1. The summed E-state index contributed by atoms with van der Waals surface area (Å²) >= 11 is 0. The summed E-state index contributed by atoms with van der Waals surface area (Å²) in [6.45, 7) is 0. The number of fused-ring (bicyclic) bond motifs is 2. The van der Waals surface area contributed by atoms with Gasteiger partial charge in [-0.1, -0.05) is 12.2 Å². The zero-order valence-corrected chi connectivity index (χ0v) is 7.42. The summed E-state index contributed by atoms with van der Waals surface area (Å²) in [4.78, 5) is 21.7. The van der Waals surface area contributed by atoms with Crippen LogP contribution in [0.4, 0.5) is 0 Å². The van der Waals surface area contributed by atoms with Gasteiger partial charge in [0.25, 0.3) is 0 Å². The van der Waals surface area contributed by atoms with Crippen molar-refractivity contribution in [2.45, 2.75) is 12.2 Å². The molecule has 78 valence electrons. The van der Waals surface area contributed by atoms with Crippen molar-refractivity contribution in [2.24, 2.45) is 17.6 Å². The van der Waals surface area contributed by atoms with E-state index in [4.69, 9.17) is 15.6 Å². The van der Waals surface area contributed by atoms with Gasteiger partial charge in [0.2, 0.25) is 5.91 Å². The molecule has 6 heteroatoms. The Labute approximate surface area is 80.3 Å². The van der Waals surface area contributed by atoms with Gasteiger partial charge in [-0.2, -0.15) is 0 Å². The van der Waals surface area contributed by atoms with Crippen LogP contribution in [0.25, 0.3) is 0 Å². The Bertz CT molecular complexity index is 274. The number of hydrogen-bond donors (Lipinski definition) is 3. The highest BCUT2D eigenvalue weighted by atomic mass is 16.5. The first-order valence-electron chi connectivity index (χ1n) is 3.97. The predicted molar refractivity (Wildman–Crippen MR) is 46.6 cm³/mol. The lowest BCUT2D eigenvalue weighted by atomic mass is 9.83. The average molecular weight is 200 g/mol. The van der Waals surface area contributed by atoms with Gasteiger partial charge in [-0.25, -0.2) is 0 Å². The number of amides is 1. The molecule has 1 fully saturated rings. The van der Waals surface area contributed by atoms with E-state index in [0.29, 0.717) is 0 Å². The van der Waals surface area contributed by atoms with E-state index in [9.17, 15) is 9.59 Å². The molecule has 0 radical (unpaired) electrons. The topological polar surface area (TPSA) is 125 Å². The zero-order chi connectivity index (χ0) is 9.59. The van der Waals surface area contributed by atoms with Gasteiger partial charge in [0, 0.05) is 0 Å². The van der Waals surface area contributed by atoms with E-state index in [1.807, 2.05) is 0 Å². The van der Waals surface area contributed by atoms with Crippen LogP contribution in [0.1, 0.15) is 0 Å². The summed E-state index contributed by atoms with van der Waals surface area (Å²) in [5.41, 5.74) is 5.10. The molecule has 2 aliphatic rings. The molecular weight excluding hydrogens is 188 g/mol. The van der Waals surface area contributed by atoms with E-state index >= 15 is 0 Å². The highest BCUT2D eigenvalue weighted by Crippen LogP contribution is 2.38. The molecule has 0 aromatic rings. The summed E-state index contributed by atoms with van der Waals surface area (Å²) in [6.07, 6.45) is 2.44. The molecule has 1 saturated heterocycles. The molecule has 2 bridgehead atoms. The van der Waals surface area contributed by atoms with E-state index in [2.05, 4.69) is 0 Å². The Hall–Kier alpha value is -1.40. The maximum Gasteiger partial charge on any atom is 0.310 e. The molecule has 0 spiro atoms. The fourth-order valence-electron chi connectivity index (χ4n) is 1.94. The van der Waals surface area contributed by atoms with E-state index in [1.165, 1.54) is 0 Å². The van der Waals surface area contributed by atoms with E-state index in [0.717, 1.165) is 0 Å². The predicted octanol–water partition coefficient (Wildman–Crippen LogP) is -0.712. The van der Waals surface area contributed by atoms with Crippen LogP contribution in [0.3, 0.4) is 0 Å². The summed E-state index contributed by atoms with van der Waals surface area (Å²) in [6, 6.07) is 0. The number of hydrogen-bond acceptors (Lipinski definition) is 4. The van der Waals surface area contributed by atoms with E-state index in [-0.39, 0.29) is 6.15 Å². The number of carbonyl (C=O) groups excluding carboxylic acids is 1. The van der Waals surface area contributed by atoms with Crippen LogP contribution < -0.4 is 11.9 Å². The second kappa shape index (κ2) is 3.39. The van der Waals surface area contributed by atoms with Gasteiger partial charge < -0.3 is 21.7 Å². The van der Waals surface area contributed by atoms with Crippen LogP contribution in [0, 0.1) is 11.8 Å². The first-order chi connectivity index (χ1) is 6.11. The van der Waals surface area contributed by atoms with Crippen molar-refractivity contribution in [3.05, 3.63) is 12.2 Å². The number of carboxylic acids is 1. The standard InChI is InChI=1S/C8H9NO4.H3N/c9-7(10)5-3-1-2-4(13-3)6(5)8(11)12;/h1-6H,(H2,9,10)(H,11,12);1H3/t3-,4+,5?,6?;/m1./s1. The van der Waals surface area contributed by atoms with Crippen molar-refractivity contribution >= 4 is 11.9 Å². The molecule has 2 rings (SSSR count). The number of rotatable bonds is 2. The van der Waals surface area contributed by atoms with E-state index in [1.54, 1.807) is 12.2 Å². The van der Waals surface area contributed by atoms with Crippen molar-refractivity contribution in [3.63, 3.8) is 0 Å². The smallest absolute Gasteiger partial charge is 0.310 e. The normalized spacial score (nSPS) is 38.0. The average Bonchev–Trinajstić information content (AvgIpc) is 2.60. The van der Waals surface area contributed by atoms with Crippen LogP contribution in [-0.4, -0.2) is 29.2 Å². The maximum absolute atomic E-state index is 11.0. The molecule has 6 nitrogen and oxygen atoms in total.